The third-order valence-electron chi connectivity index (χ3n) is 3.37. The molecule has 0 aliphatic heterocycles. The molecule has 0 aromatic carbocycles. The first kappa shape index (κ1) is 16.6. The van der Waals surface area contributed by atoms with E-state index in [-0.39, 0.29) is 12.1 Å². The molecule has 3 rings (SSSR count). The highest BCUT2D eigenvalue weighted by Crippen LogP contribution is 2.12. The van der Waals surface area contributed by atoms with Crippen LogP contribution in [0.4, 0.5) is 10.5 Å². The SMILES string of the molecule is CC(C)n1cc(NC(=O)NCCc2nc(-c3ccccn3)no2)cn1. The number of anilines is 1. The summed E-state index contributed by atoms with van der Waals surface area (Å²) in [6.07, 6.45) is 5.48. The molecule has 2 N–H and O–H groups in total. The molecule has 0 aliphatic carbocycles. The van der Waals surface area contributed by atoms with E-state index in [1.54, 1.807) is 29.3 Å². The molecule has 130 valence electrons. The van der Waals surface area contributed by atoms with Crippen LogP contribution in [0.15, 0.2) is 41.3 Å². The Kier molecular flexibility index (Phi) is 5.03. The number of pyridine rings is 1. The topological polar surface area (TPSA) is 111 Å². The van der Waals surface area contributed by atoms with Crippen molar-refractivity contribution >= 4 is 11.7 Å². The molecule has 0 fully saturated rings. The van der Waals surface area contributed by atoms with E-state index in [2.05, 4.69) is 30.9 Å². The van der Waals surface area contributed by atoms with Crippen molar-refractivity contribution in [3.05, 3.63) is 42.7 Å². The van der Waals surface area contributed by atoms with Crippen LogP contribution in [0.3, 0.4) is 0 Å². The predicted molar refractivity (Wildman–Crippen MR) is 90.9 cm³/mol. The zero-order chi connectivity index (χ0) is 17.6. The molecule has 3 aromatic rings. The van der Waals surface area contributed by atoms with Crippen molar-refractivity contribution in [2.75, 3.05) is 11.9 Å². The minimum Gasteiger partial charge on any atom is -0.339 e. The summed E-state index contributed by atoms with van der Waals surface area (Å²) in [5.74, 6) is 0.870. The molecule has 9 nitrogen and oxygen atoms in total. The summed E-state index contributed by atoms with van der Waals surface area (Å²) in [6, 6.07) is 5.40. The lowest BCUT2D eigenvalue weighted by atomic mass is 10.3. The zero-order valence-electron chi connectivity index (χ0n) is 14.0. The van der Waals surface area contributed by atoms with Gasteiger partial charge in [0.05, 0.1) is 11.9 Å². The first-order valence-electron chi connectivity index (χ1n) is 7.95. The molecule has 0 saturated carbocycles. The number of aromatic nitrogens is 5. The number of hydrogen-bond acceptors (Lipinski definition) is 6. The first-order valence-corrected chi connectivity index (χ1v) is 7.95. The summed E-state index contributed by atoms with van der Waals surface area (Å²) >= 11 is 0. The third-order valence-corrected chi connectivity index (χ3v) is 3.37. The van der Waals surface area contributed by atoms with Crippen molar-refractivity contribution in [1.29, 1.82) is 0 Å². The molecule has 0 bridgehead atoms. The highest BCUT2D eigenvalue weighted by molar-refractivity contribution is 5.88. The van der Waals surface area contributed by atoms with Crippen LogP contribution in [0.2, 0.25) is 0 Å². The first-order chi connectivity index (χ1) is 12.1. The van der Waals surface area contributed by atoms with Crippen LogP contribution in [0.25, 0.3) is 11.5 Å². The number of carbonyl (C=O) groups excluding carboxylic acids is 1. The van der Waals surface area contributed by atoms with E-state index >= 15 is 0 Å². The van der Waals surface area contributed by atoms with Gasteiger partial charge in [0.2, 0.25) is 11.7 Å². The van der Waals surface area contributed by atoms with E-state index in [1.165, 1.54) is 0 Å². The maximum absolute atomic E-state index is 11.9. The summed E-state index contributed by atoms with van der Waals surface area (Å²) in [4.78, 5) is 20.3. The van der Waals surface area contributed by atoms with E-state index in [4.69, 9.17) is 4.52 Å². The standard InChI is InChI=1S/C16H19N7O2/c1-11(2)23-10-12(9-19-23)20-16(24)18-8-6-14-21-15(22-25-14)13-5-3-4-7-17-13/h3-5,7,9-11H,6,8H2,1-2H3,(H2,18,20,24). The Morgan fingerprint density at radius 2 is 2.24 bits per heavy atom. The van der Waals surface area contributed by atoms with Crippen molar-refractivity contribution in [3.63, 3.8) is 0 Å². The van der Waals surface area contributed by atoms with E-state index in [0.717, 1.165) is 0 Å². The minimum atomic E-state index is -0.312. The number of urea groups is 1. The Bertz CT molecular complexity index is 826. The lowest BCUT2D eigenvalue weighted by molar-refractivity contribution is 0.252. The molecule has 3 aromatic heterocycles. The Morgan fingerprint density at radius 1 is 1.36 bits per heavy atom. The van der Waals surface area contributed by atoms with Crippen LogP contribution in [0, 0.1) is 0 Å². The van der Waals surface area contributed by atoms with Crippen molar-refractivity contribution in [1.82, 2.24) is 30.2 Å². The van der Waals surface area contributed by atoms with Gasteiger partial charge in [-0.05, 0) is 26.0 Å². The number of amides is 2. The van der Waals surface area contributed by atoms with Gasteiger partial charge in [0, 0.05) is 31.4 Å². The van der Waals surface area contributed by atoms with Gasteiger partial charge in [-0.25, -0.2) is 4.79 Å². The Hall–Kier alpha value is -3.23. The average Bonchev–Trinajstić information content (AvgIpc) is 3.25. The average molecular weight is 341 g/mol. The molecule has 0 spiro atoms. The Balaban J connectivity index is 1.46. The molecule has 2 amide bonds. The van der Waals surface area contributed by atoms with Crippen LogP contribution >= 0.6 is 0 Å². The van der Waals surface area contributed by atoms with Gasteiger partial charge in [0.25, 0.3) is 0 Å². The number of nitrogens with one attached hydrogen (secondary N) is 2. The number of carbonyl (C=O) groups is 1. The summed E-state index contributed by atoms with van der Waals surface area (Å²) in [6.45, 7) is 4.40. The van der Waals surface area contributed by atoms with E-state index < -0.39 is 0 Å². The lowest BCUT2D eigenvalue weighted by Gasteiger charge is -2.05. The second-order valence-corrected chi connectivity index (χ2v) is 5.66. The number of hydrogen-bond donors (Lipinski definition) is 2. The highest BCUT2D eigenvalue weighted by Gasteiger charge is 2.10. The summed E-state index contributed by atoms with van der Waals surface area (Å²) < 4.78 is 6.93. The molecular formula is C16H19N7O2. The largest absolute Gasteiger partial charge is 0.339 e. The third kappa shape index (κ3) is 4.40. The summed E-state index contributed by atoms with van der Waals surface area (Å²) in [5, 5.41) is 13.5. The van der Waals surface area contributed by atoms with Gasteiger partial charge in [-0.1, -0.05) is 11.2 Å². The van der Waals surface area contributed by atoms with Crippen LogP contribution in [0.5, 0.6) is 0 Å². The molecule has 3 heterocycles. The maximum Gasteiger partial charge on any atom is 0.319 e. The van der Waals surface area contributed by atoms with Crippen LogP contribution in [-0.4, -0.2) is 37.5 Å². The molecular weight excluding hydrogens is 322 g/mol. The van der Waals surface area contributed by atoms with Gasteiger partial charge in [0.15, 0.2) is 0 Å². The van der Waals surface area contributed by atoms with Gasteiger partial charge in [-0.15, -0.1) is 0 Å². The van der Waals surface area contributed by atoms with Crippen molar-refractivity contribution in [3.8, 4) is 11.5 Å². The zero-order valence-corrected chi connectivity index (χ0v) is 14.0. The van der Waals surface area contributed by atoms with Gasteiger partial charge in [-0.3, -0.25) is 9.67 Å². The van der Waals surface area contributed by atoms with Crippen molar-refractivity contribution in [2.45, 2.75) is 26.3 Å². The normalized spacial score (nSPS) is 10.8. The maximum atomic E-state index is 11.9. The highest BCUT2D eigenvalue weighted by atomic mass is 16.5. The van der Waals surface area contributed by atoms with Gasteiger partial charge in [0.1, 0.15) is 5.69 Å². The second kappa shape index (κ2) is 7.56. The number of nitrogens with zero attached hydrogens (tertiary/aromatic N) is 5. The van der Waals surface area contributed by atoms with Crippen molar-refractivity contribution < 1.29 is 9.32 Å². The van der Waals surface area contributed by atoms with E-state index in [1.807, 2.05) is 26.0 Å². The van der Waals surface area contributed by atoms with Crippen LogP contribution in [0.1, 0.15) is 25.8 Å². The summed E-state index contributed by atoms with van der Waals surface area (Å²) in [5.41, 5.74) is 1.28. The Morgan fingerprint density at radius 3 is 2.96 bits per heavy atom. The quantitative estimate of drug-likeness (QED) is 0.711. The molecule has 0 radical (unpaired) electrons. The fourth-order valence-corrected chi connectivity index (χ4v) is 2.10. The van der Waals surface area contributed by atoms with Crippen LogP contribution < -0.4 is 10.6 Å². The fourth-order valence-electron chi connectivity index (χ4n) is 2.10. The fraction of sp³-hybridized carbons (Fsp3) is 0.312. The monoisotopic (exact) mass is 341 g/mol. The number of rotatable bonds is 6. The van der Waals surface area contributed by atoms with Gasteiger partial charge < -0.3 is 15.2 Å². The second-order valence-electron chi connectivity index (χ2n) is 5.66. The van der Waals surface area contributed by atoms with Crippen LogP contribution in [-0.2, 0) is 6.42 Å². The Labute approximate surface area is 144 Å². The predicted octanol–water partition coefficient (Wildman–Crippen LogP) is 2.27. The molecule has 25 heavy (non-hydrogen) atoms. The van der Waals surface area contributed by atoms with E-state index in [9.17, 15) is 4.79 Å². The minimum absolute atomic E-state index is 0.240. The molecule has 0 atom stereocenters. The molecule has 0 unspecified atom stereocenters. The van der Waals surface area contributed by atoms with Crippen molar-refractivity contribution in [2.24, 2.45) is 0 Å². The van der Waals surface area contributed by atoms with Gasteiger partial charge in [-0.2, -0.15) is 10.1 Å². The molecule has 0 aliphatic rings. The molecule has 0 saturated heterocycles. The smallest absolute Gasteiger partial charge is 0.319 e. The van der Waals surface area contributed by atoms with Gasteiger partial charge >= 0.3 is 6.03 Å². The lowest BCUT2D eigenvalue weighted by Crippen LogP contribution is -2.30. The summed E-state index contributed by atoms with van der Waals surface area (Å²) in [7, 11) is 0. The molecule has 9 heteroatoms. The van der Waals surface area contributed by atoms with E-state index in [0.29, 0.717) is 36.1 Å².